The normalized spacial score (nSPS) is 21.3. The molecule has 0 aromatic carbocycles. The molecule has 0 aromatic rings. The molecule has 4 heteroatoms. The van der Waals surface area contributed by atoms with Gasteiger partial charge in [0.2, 0.25) is 11.8 Å². The van der Waals surface area contributed by atoms with Crippen LogP contribution in [0.3, 0.4) is 0 Å². The maximum absolute atomic E-state index is 12.3. The third-order valence-corrected chi connectivity index (χ3v) is 5.29. The molecule has 1 saturated heterocycles. The number of carbonyl (C=O) groups excluding carboxylic acids is 2. The van der Waals surface area contributed by atoms with Gasteiger partial charge in [0.1, 0.15) is 0 Å². The van der Waals surface area contributed by atoms with Gasteiger partial charge >= 0.3 is 0 Å². The van der Waals surface area contributed by atoms with E-state index < -0.39 is 0 Å². The highest BCUT2D eigenvalue weighted by Gasteiger charge is 2.30. The summed E-state index contributed by atoms with van der Waals surface area (Å²) in [4.78, 5) is 26.4. The Hall–Kier alpha value is -1.06. The summed E-state index contributed by atoms with van der Waals surface area (Å²) in [6, 6.07) is 0.248. The Bertz CT molecular complexity index is 400. The number of hydrogen-bond donors (Lipinski definition) is 1. The van der Waals surface area contributed by atoms with E-state index in [2.05, 4.69) is 5.32 Å². The summed E-state index contributed by atoms with van der Waals surface area (Å²) >= 11 is 0. The molecular weight excluding hydrogens is 288 g/mol. The number of rotatable bonds is 4. The molecule has 23 heavy (non-hydrogen) atoms. The van der Waals surface area contributed by atoms with Gasteiger partial charge in [-0.3, -0.25) is 9.59 Å². The zero-order valence-electron chi connectivity index (χ0n) is 15.2. The van der Waals surface area contributed by atoms with Crippen molar-refractivity contribution >= 4 is 11.8 Å². The van der Waals surface area contributed by atoms with Crippen molar-refractivity contribution in [2.24, 2.45) is 11.3 Å². The first kappa shape index (κ1) is 18.3. The van der Waals surface area contributed by atoms with E-state index in [0.29, 0.717) is 6.42 Å². The summed E-state index contributed by atoms with van der Waals surface area (Å²) < 4.78 is 0. The molecule has 2 fully saturated rings. The van der Waals surface area contributed by atoms with Gasteiger partial charge in [-0.1, -0.05) is 52.9 Å². The molecule has 0 unspecified atom stereocenters. The van der Waals surface area contributed by atoms with Crippen molar-refractivity contribution in [1.29, 1.82) is 0 Å². The maximum Gasteiger partial charge on any atom is 0.227 e. The maximum atomic E-state index is 12.3. The molecule has 2 rings (SSSR count). The van der Waals surface area contributed by atoms with Gasteiger partial charge in [-0.05, 0) is 25.2 Å². The van der Waals surface area contributed by atoms with Crippen LogP contribution in [-0.2, 0) is 9.59 Å². The second-order valence-corrected chi connectivity index (χ2v) is 8.43. The van der Waals surface area contributed by atoms with Crippen LogP contribution in [0.2, 0.25) is 0 Å². The van der Waals surface area contributed by atoms with Gasteiger partial charge < -0.3 is 10.2 Å². The van der Waals surface area contributed by atoms with E-state index in [0.717, 1.165) is 38.3 Å². The Morgan fingerprint density at radius 3 is 2.17 bits per heavy atom. The van der Waals surface area contributed by atoms with Gasteiger partial charge in [0, 0.05) is 31.0 Å². The highest BCUT2D eigenvalue weighted by molar-refractivity contribution is 5.81. The van der Waals surface area contributed by atoms with Gasteiger partial charge in [-0.15, -0.1) is 0 Å². The lowest BCUT2D eigenvalue weighted by molar-refractivity contribution is -0.140. The van der Waals surface area contributed by atoms with Gasteiger partial charge in [-0.25, -0.2) is 0 Å². The standard InChI is InChI=1S/C19H34N2O2/c1-19(2,3)18(23)21-13-11-16(12-14-21)20-17(22)10-9-15-7-5-4-6-8-15/h15-16H,4-14H2,1-3H3,(H,20,22). The predicted molar refractivity (Wildman–Crippen MR) is 93.0 cm³/mol. The minimum absolute atomic E-state index is 0.205. The van der Waals surface area contributed by atoms with Crippen molar-refractivity contribution < 1.29 is 9.59 Å². The molecule has 2 aliphatic rings. The van der Waals surface area contributed by atoms with E-state index in [4.69, 9.17) is 0 Å². The highest BCUT2D eigenvalue weighted by Crippen LogP contribution is 2.27. The number of nitrogens with one attached hydrogen (secondary N) is 1. The Balaban J connectivity index is 1.65. The number of amides is 2. The van der Waals surface area contributed by atoms with Gasteiger partial charge in [0.15, 0.2) is 0 Å². The summed E-state index contributed by atoms with van der Waals surface area (Å²) in [5.74, 6) is 1.19. The number of likely N-dealkylation sites (tertiary alicyclic amines) is 1. The van der Waals surface area contributed by atoms with E-state index in [1.165, 1.54) is 32.1 Å². The van der Waals surface area contributed by atoms with Gasteiger partial charge in [-0.2, -0.15) is 0 Å². The van der Waals surface area contributed by atoms with Gasteiger partial charge in [0.05, 0.1) is 0 Å². The summed E-state index contributed by atoms with van der Waals surface area (Å²) in [6.45, 7) is 7.44. The highest BCUT2D eigenvalue weighted by atomic mass is 16.2. The smallest absolute Gasteiger partial charge is 0.227 e. The van der Waals surface area contributed by atoms with Crippen molar-refractivity contribution in [2.45, 2.75) is 84.6 Å². The molecule has 1 N–H and O–H groups in total. The lowest BCUT2D eigenvalue weighted by Gasteiger charge is -2.36. The molecule has 132 valence electrons. The van der Waals surface area contributed by atoms with Crippen molar-refractivity contribution in [3.05, 3.63) is 0 Å². The number of hydrogen-bond acceptors (Lipinski definition) is 2. The summed E-state index contributed by atoms with van der Waals surface area (Å²) in [5.41, 5.74) is -0.309. The summed E-state index contributed by atoms with van der Waals surface area (Å²) in [6.07, 6.45) is 10.2. The van der Waals surface area contributed by atoms with Crippen molar-refractivity contribution in [1.82, 2.24) is 10.2 Å². The van der Waals surface area contributed by atoms with Crippen LogP contribution in [0, 0.1) is 11.3 Å². The molecule has 1 heterocycles. The Labute approximate surface area is 141 Å². The van der Waals surface area contributed by atoms with E-state index in [9.17, 15) is 9.59 Å². The van der Waals surface area contributed by atoms with Crippen LogP contribution in [0.1, 0.15) is 78.6 Å². The quantitative estimate of drug-likeness (QED) is 0.861. The molecule has 1 saturated carbocycles. The molecule has 0 atom stereocenters. The fourth-order valence-electron chi connectivity index (χ4n) is 3.81. The largest absolute Gasteiger partial charge is 0.353 e. The van der Waals surface area contributed by atoms with Crippen molar-refractivity contribution in [2.75, 3.05) is 13.1 Å². The van der Waals surface area contributed by atoms with Crippen LogP contribution in [-0.4, -0.2) is 35.8 Å². The fourth-order valence-corrected chi connectivity index (χ4v) is 3.81. The van der Waals surface area contributed by atoms with Crippen molar-refractivity contribution in [3.63, 3.8) is 0 Å². The van der Waals surface area contributed by atoms with E-state index in [1.54, 1.807) is 0 Å². The average Bonchev–Trinajstić information content (AvgIpc) is 2.53. The van der Waals surface area contributed by atoms with Crippen LogP contribution in [0.4, 0.5) is 0 Å². The first-order chi connectivity index (χ1) is 10.9. The first-order valence-corrected chi connectivity index (χ1v) is 9.45. The minimum Gasteiger partial charge on any atom is -0.353 e. The van der Waals surface area contributed by atoms with Crippen LogP contribution in [0.5, 0.6) is 0 Å². The van der Waals surface area contributed by atoms with E-state index in [1.807, 2.05) is 25.7 Å². The fraction of sp³-hybridized carbons (Fsp3) is 0.895. The third kappa shape index (κ3) is 5.82. The lowest BCUT2D eigenvalue weighted by atomic mass is 9.86. The minimum atomic E-state index is -0.309. The van der Waals surface area contributed by atoms with Crippen molar-refractivity contribution in [3.8, 4) is 0 Å². The molecule has 0 radical (unpaired) electrons. The molecule has 0 bridgehead atoms. The van der Waals surface area contributed by atoms with E-state index in [-0.39, 0.29) is 23.3 Å². The second kappa shape index (κ2) is 8.16. The molecule has 0 spiro atoms. The predicted octanol–water partition coefficient (Wildman–Crippen LogP) is 3.50. The molecule has 4 nitrogen and oxygen atoms in total. The zero-order valence-corrected chi connectivity index (χ0v) is 15.2. The topological polar surface area (TPSA) is 49.4 Å². The molecule has 2 amide bonds. The van der Waals surface area contributed by atoms with Crippen LogP contribution in [0.25, 0.3) is 0 Å². The molecular formula is C19H34N2O2. The Morgan fingerprint density at radius 2 is 1.61 bits per heavy atom. The van der Waals surface area contributed by atoms with Crippen LogP contribution in [0.15, 0.2) is 0 Å². The third-order valence-electron chi connectivity index (χ3n) is 5.29. The van der Waals surface area contributed by atoms with E-state index >= 15 is 0 Å². The second-order valence-electron chi connectivity index (χ2n) is 8.43. The monoisotopic (exact) mass is 322 g/mol. The molecule has 0 aromatic heterocycles. The Morgan fingerprint density at radius 1 is 1.00 bits per heavy atom. The zero-order chi connectivity index (χ0) is 16.9. The average molecular weight is 322 g/mol. The van der Waals surface area contributed by atoms with Crippen LogP contribution < -0.4 is 5.32 Å². The van der Waals surface area contributed by atoms with Crippen LogP contribution >= 0.6 is 0 Å². The Kier molecular flexibility index (Phi) is 6.49. The molecule has 1 aliphatic heterocycles. The van der Waals surface area contributed by atoms with Gasteiger partial charge in [0.25, 0.3) is 0 Å². The lowest BCUT2D eigenvalue weighted by Crippen LogP contribution is -2.49. The first-order valence-electron chi connectivity index (χ1n) is 9.45. The SMILES string of the molecule is CC(C)(C)C(=O)N1CCC(NC(=O)CCC2CCCCC2)CC1. The summed E-state index contributed by atoms with van der Waals surface area (Å²) in [5, 5.41) is 3.18. The summed E-state index contributed by atoms with van der Waals surface area (Å²) in [7, 11) is 0. The number of carbonyl (C=O) groups is 2. The number of piperidine rings is 1. The number of nitrogens with zero attached hydrogens (tertiary/aromatic N) is 1. The molecule has 1 aliphatic carbocycles.